The van der Waals surface area contributed by atoms with Crippen LogP contribution in [0, 0.1) is 0 Å². The first kappa shape index (κ1) is 33.8. The van der Waals surface area contributed by atoms with E-state index in [0.717, 1.165) is 24.3 Å². The van der Waals surface area contributed by atoms with Crippen LogP contribution in [0.2, 0.25) is 0 Å². The summed E-state index contributed by atoms with van der Waals surface area (Å²) in [6, 6.07) is 16.4. The Morgan fingerprint density at radius 2 is 1.58 bits per heavy atom. The van der Waals surface area contributed by atoms with Gasteiger partial charge in [-0.1, -0.05) is 54.6 Å². The van der Waals surface area contributed by atoms with E-state index in [1.165, 1.54) is 31.4 Å². The van der Waals surface area contributed by atoms with Crippen molar-refractivity contribution in [2.45, 2.75) is 35.9 Å². The summed E-state index contributed by atoms with van der Waals surface area (Å²) in [5.74, 6) is -0.878. The third-order valence-corrected chi connectivity index (χ3v) is 8.67. The molecule has 0 aliphatic rings. The fourth-order valence-corrected chi connectivity index (χ4v) is 5.61. The van der Waals surface area contributed by atoms with Crippen molar-refractivity contribution in [2.24, 2.45) is 0 Å². The number of ether oxygens (including phenoxy) is 2. The van der Waals surface area contributed by atoms with Gasteiger partial charge in [-0.2, -0.15) is 13.5 Å². The van der Waals surface area contributed by atoms with E-state index in [0.29, 0.717) is 18.6 Å². The molecule has 15 heteroatoms. The van der Waals surface area contributed by atoms with E-state index in [1.54, 1.807) is 30.3 Å². The number of esters is 1. The molecule has 43 heavy (non-hydrogen) atoms. The lowest BCUT2D eigenvalue weighted by Crippen LogP contribution is -2.48. The van der Waals surface area contributed by atoms with Gasteiger partial charge in [0.05, 0.1) is 18.6 Å². The molecule has 1 unspecified atom stereocenters. The number of alkyl halides is 2. The van der Waals surface area contributed by atoms with Crippen LogP contribution in [-0.2, 0) is 36.2 Å². The van der Waals surface area contributed by atoms with Crippen molar-refractivity contribution in [3.8, 4) is 5.75 Å². The smallest absolute Gasteiger partial charge is 0.399 e. The second-order valence-corrected chi connectivity index (χ2v) is 12.7. The van der Waals surface area contributed by atoms with Crippen LogP contribution in [0.5, 0.6) is 5.75 Å². The van der Waals surface area contributed by atoms with E-state index < -0.39 is 46.8 Å². The van der Waals surface area contributed by atoms with Crippen molar-refractivity contribution >= 4 is 29.5 Å². The Hall–Kier alpha value is -3.68. The number of carbonyl (C=O) groups is 2. The Labute approximate surface area is 247 Å². The third-order valence-electron chi connectivity index (χ3n) is 6.19. The first-order chi connectivity index (χ1) is 20.3. The summed E-state index contributed by atoms with van der Waals surface area (Å²) < 4.78 is 77.9. The number of hydrogen-bond acceptors (Lipinski definition) is 7. The SMILES string of the molecule is COC(=O)c1ccccc1OCCCCNC(=O)C(Cc1ccc(C(F)(F)P(=O)(O)O)cc1)NS(=O)(=O)c1ccccc1. The van der Waals surface area contributed by atoms with Gasteiger partial charge in [-0.25, -0.2) is 13.2 Å². The number of benzene rings is 3. The Kier molecular flexibility index (Phi) is 11.5. The van der Waals surface area contributed by atoms with Crippen LogP contribution in [0.3, 0.4) is 0 Å². The second kappa shape index (κ2) is 14.7. The average molecular weight is 641 g/mol. The van der Waals surface area contributed by atoms with E-state index in [9.17, 15) is 31.4 Å². The van der Waals surface area contributed by atoms with Crippen LogP contribution in [0.1, 0.15) is 34.3 Å². The minimum absolute atomic E-state index is 0.0891. The van der Waals surface area contributed by atoms with Gasteiger partial charge in [0, 0.05) is 12.1 Å². The van der Waals surface area contributed by atoms with Gasteiger partial charge in [0.25, 0.3) is 0 Å². The van der Waals surface area contributed by atoms with Crippen LogP contribution < -0.4 is 14.8 Å². The first-order valence-electron chi connectivity index (χ1n) is 12.9. The minimum Gasteiger partial charge on any atom is -0.493 e. The maximum atomic E-state index is 14.0. The molecular weight excluding hydrogens is 609 g/mol. The fraction of sp³-hybridized carbons (Fsp3) is 0.286. The van der Waals surface area contributed by atoms with Crippen molar-refractivity contribution in [3.63, 3.8) is 0 Å². The normalized spacial score (nSPS) is 12.8. The summed E-state index contributed by atoms with van der Waals surface area (Å²) in [5.41, 5.74) is -4.81. The van der Waals surface area contributed by atoms with Gasteiger partial charge >= 0.3 is 19.2 Å². The zero-order valence-corrected chi connectivity index (χ0v) is 24.7. The highest BCUT2D eigenvalue weighted by Crippen LogP contribution is 2.59. The Bertz CT molecular complexity index is 1550. The van der Waals surface area contributed by atoms with Crippen LogP contribution >= 0.6 is 7.60 Å². The van der Waals surface area contributed by atoms with E-state index in [2.05, 4.69) is 10.0 Å². The van der Waals surface area contributed by atoms with Crippen molar-refractivity contribution < 1.29 is 50.6 Å². The van der Waals surface area contributed by atoms with Crippen LogP contribution in [0.25, 0.3) is 0 Å². The topological polar surface area (TPSA) is 168 Å². The zero-order chi connectivity index (χ0) is 31.7. The molecule has 0 spiro atoms. The first-order valence-corrected chi connectivity index (χ1v) is 16.0. The van der Waals surface area contributed by atoms with Crippen LogP contribution in [-0.4, -0.2) is 56.4 Å². The van der Waals surface area contributed by atoms with E-state index >= 15 is 0 Å². The number of sulfonamides is 1. The van der Waals surface area contributed by atoms with Gasteiger partial charge in [0.15, 0.2) is 0 Å². The molecule has 0 saturated heterocycles. The highest BCUT2D eigenvalue weighted by molar-refractivity contribution is 7.89. The van der Waals surface area contributed by atoms with Gasteiger partial charge in [-0.15, -0.1) is 0 Å². The number of para-hydroxylation sites is 1. The predicted octanol–water partition coefficient (Wildman–Crippen LogP) is 3.57. The molecule has 11 nitrogen and oxygen atoms in total. The monoisotopic (exact) mass is 640 g/mol. The number of methoxy groups -OCH3 is 1. The summed E-state index contributed by atoms with van der Waals surface area (Å²) in [6.07, 6.45) is 0.676. The largest absolute Gasteiger partial charge is 0.493 e. The summed E-state index contributed by atoms with van der Waals surface area (Å²) in [4.78, 5) is 42.8. The number of rotatable bonds is 15. The molecule has 3 aromatic carbocycles. The highest BCUT2D eigenvalue weighted by atomic mass is 32.2. The lowest BCUT2D eigenvalue weighted by atomic mass is 10.0. The van der Waals surface area contributed by atoms with Gasteiger partial charge in [-0.3, -0.25) is 9.36 Å². The molecule has 0 heterocycles. The van der Waals surface area contributed by atoms with E-state index in [4.69, 9.17) is 19.3 Å². The molecule has 0 aliphatic carbocycles. The summed E-state index contributed by atoms with van der Waals surface area (Å²) in [5, 5.41) is 2.65. The number of unbranched alkanes of at least 4 members (excludes halogenated alkanes) is 1. The molecule has 0 saturated carbocycles. The third kappa shape index (κ3) is 9.15. The molecule has 1 atom stereocenters. The maximum Gasteiger partial charge on any atom is 0.399 e. The van der Waals surface area contributed by atoms with E-state index in [-0.39, 0.29) is 35.6 Å². The lowest BCUT2D eigenvalue weighted by molar-refractivity contribution is -0.122. The number of amides is 1. The number of carbonyl (C=O) groups excluding carboxylic acids is 2. The van der Waals surface area contributed by atoms with E-state index in [1.807, 2.05) is 0 Å². The lowest BCUT2D eigenvalue weighted by Gasteiger charge is -2.20. The Morgan fingerprint density at radius 3 is 2.21 bits per heavy atom. The van der Waals surface area contributed by atoms with Crippen molar-refractivity contribution in [3.05, 3.63) is 95.6 Å². The second-order valence-electron chi connectivity index (χ2n) is 9.31. The Morgan fingerprint density at radius 1 is 0.953 bits per heavy atom. The highest BCUT2D eigenvalue weighted by Gasteiger charge is 2.50. The minimum atomic E-state index is -5.78. The predicted molar refractivity (Wildman–Crippen MR) is 152 cm³/mol. The molecule has 232 valence electrons. The summed E-state index contributed by atoms with van der Waals surface area (Å²) in [6.45, 7) is 0.372. The van der Waals surface area contributed by atoms with Crippen LogP contribution in [0.15, 0.2) is 83.8 Å². The molecule has 0 radical (unpaired) electrons. The fourth-order valence-electron chi connectivity index (χ4n) is 3.90. The molecular formula is C28H31F2N2O9PS. The molecule has 3 rings (SSSR count). The molecule has 0 bridgehead atoms. The standard InChI is InChI=1S/C28H31F2N2O9PS/c1-40-27(34)23-11-5-6-12-25(23)41-18-8-7-17-31-26(33)24(32-43(38,39)22-9-3-2-4-10-22)19-20-13-15-21(16-14-20)28(29,30)42(35,36)37/h2-6,9-16,24,32H,7-8,17-19H2,1H3,(H,31,33)(H2,35,36,37). The van der Waals surface area contributed by atoms with Crippen LogP contribution in [0.4, 0.5) is 8.78 Å². The van der Waals surface area contributed by atoms with Gasteiger partial charge < -0.3 is 24.6 Å². The molecule has 4 N–H and O–H groups in total. The van der Waals surface area contributed by atoms with Crippen molar-refractivity contribution in [2.75, 3.05) is 20.3 Å². The molecule has 0 aromatic heterocycles. The van der Waals surface area contributed by atoms with Gasteiger partial charge in [0.2, 0.25) is 15.9 Å². The summed E-state index contributed by atoms with van der Waals surface area (Å²) >= 11 is 0. The van der Waals surface area contributed by atoms with Crippen molar-refractivity contribution in [1.29, 1.82) is 0 Å². The molecule has 0 fully saturated rings. The number of halogens is 2. The Balaban J connectivity index is 1.65. The van der Waals surface area contributed by atoms with Gasteiger partial charge in [0.1, 0.15) is 17.4 Å². The molecule has 0 aliphatic heterocycles. The summed E-state index contributed by atoms with van der Waals surface area (Å²) in [7, 11) is -8.67. The average Bonchev–Trinajstić information content (AvgIpc) is 2.98. The molecule has 3 aromatic rings. The van der Waals surface area contributed by atoms with Gasteiger partial charge in [-0.05, 0) is 49.1 Å². The number of hydrogen-bond donors (Lipinski definition) is 4. The maximum absolute atomic E-state index is 14.0. The zero-order valence-electron chi connectivity index (χ0n) is 23.0. The van der Waals surface area contributed by atoms with Crippen molar-refractivity contribution in [1.82, 2.24) is 10.0 Å². The quantitative estimate of drug-likeness (QED) is 0.110. The molecule has 1 amide bonds. The number of nitrogens with one attached hydrogen (secondary N) is 2.